The number of carboxylic acids is 1. The number of carboxylic acid groups (broad SMARTS) is 1. The molecular weight excluding hydrogens is 174 g/mol. The minimum absolute atomic E-state index is 0.455. The van der Waals surface area contributed by atoms with Gasteiger partial charge < -0.3 is 22.3 Å². The standard InChI is InChI=1S/C5H13N3O.C2H4O2/c6-3-1-2-4(7)5(8)9;1-2(3)4/h4H,1-3,6-7H2,(H2,8,9);1H3,(H,3,4). The first-order valence-electron chi connectivity index (χ1n) is 3.86. The van der Waals surface area contributed by atoms with Gasteiger partial charge in [-0.15, -0.1) is 0 Å². The smallest absolute Gasteiger partial charge is 0.300 e. The van der Waals surface area contributed by atoms with Crippen LogP contribution in [0.1, 0.15) is 19.8 Å². The molecule has 0 radical (unpaired) electrons. The Morgan fingerprint density at radius 1 is 1.46 bits per heavy atom. The molecular formula is C7H17N3O3. The van der Waals surface area contributed by atoms with Gasteiger partial charge >= 0.3 is 0 Å². The largest absolute Gasteiger partial charge is 0.481 e. The molecule has 0 rings (SSSR count). The molecule has 0 aliphatic heterocycles. The third-order valence-electron chi connectivity index (χ3n) is 1.08. The van der Waals surface area contributed by atoms with Crippen molar-refractivity contribution in [2.24, 2.45) is 17.2 Å². The van der Waals surface area contributed by atoms with Gasteiger partial charge in [0.25, 0.3) is 5.97 Å². The summed E-state index contributed by atoms with van der Waals surface area (Å²) in [6, 6.07) is -0.520. The second kappa shape index (κ2) is 8.95. The number of hydrogen-bond acceptors (Lipinski definition) is 4. The number of nitrogens with two attached hydrogens (primary N) is 3. The van der Waals surface area contributed by atoms with E-state index < -0.39 is 17.9 Å². The minimum atomic E-state index is -0.833. The van der Waals surface area contributed by atoms with Crippen molar-refractivity contribution in [1.82, 2.24) is 0 Å². The number of primary amides is 1. The van der Waals surface area contributed by atoms with E-state index in [-0.39, 0.29) is 0 Å². The maximum absolute atomic E-state index is 10.3. The maximum atomic E-state index is 10.3. The summed E-state index contributed by atoms with van der Waals surface area (Å²) in [5, 5.41) is 7.42. The summed E-state index contributed by atoms with van der Waals surface area (Å²) in [6.45, 7) is 1.64. The van der Waals surface area contributed by atoms with Crippen LogP contribution in [0.3, 0.4) is 0 Å². The number of aliphatic carboxylic acids is 1. The number of rotatable bonds is 4. The fourth-order valence-electron chi connectivity index (χ4n) is 0.480. The normalized spacial score (nSPS) is 11.0. The average molecular weight is 191 g/mol. The van der Waals surface area contributed by atoms with Crippen molar-refractivity contribution in [2.75, 3.05) is 6.54 Å². The van der Waals surface area contributed by atoms with E-state index in [1.54, 1.807) is 0 Å². The molecule has 0 saturated carbocycles. The molecule has 7 N–H and O–H groups in total. The first-order valence-corrected chi connectivity index (χ1v) is 3.86. The number of hydrogen-bond donors (Lipinski definition) is 4. The van der Waals surface area contributed by atoms with E-state index in [1.807, 2.05) is 0 Å². The fraction of sp³-hybridized carbons (Fsp3) is 0.714. The van der Waals surface area contributed by atoms with Crippen molar-refractivity contribution in [3.63, 3.8) is 0 Å². The number of amides is 1. The van der Waals surface area contributed by atoms with Crippen molar-refractivity contribution >= 4 is 11.9 Å². The van der Waals surface area contributed by atoms with E-state index in [4.69, 9.17) is 27.1 Å². The van der Waals surface area contributed by atoms with Gasteiger partial charge in [-0.2, -0.15) is 0 Å². The molecule has 0 aromatic rings. The first kappa shape index (κ1) is 14.4. The van der Waals surface area contributed by atoms with Gasteiger partial charge in [0, 0.05) is 6.92 Å². The number of carbonyl (C=O) groups is 2. The molecule has 0 spiro atoms. The lowest BCUT2D eigenvalue weighted by atomic mass is 10.1. The molecule has 0 aliphatic rings. The topological polar surface area (TPSA) is 132 Å². The van der Waals surface area contributed by atoms with Gasteiger partial charge in [0.15, 0.2) is 0 Å². The molecule has 1 atom stereocenters. The summed E-state index contributed by atoms with van der Waals surface area (Å²) >= 11 is 0. The van der Waals surface area contributed by atoms with Gasteiger partial charge in [-0.3, -0.25) is 9.59 Å². The summed E-state index contributed by atoms with van der Waals surface area (Å²) in [5.74, 6) is -1.29. The maximum Gasteiger partial charge on any atom is 0.300 e. The molecule has 0 fully saturated rings. The summed E-state index contributed by atoms with van der Waals surface area (Å²) < 4.78 is 0. The van der Waals surface area contributed by atoms with Gasteiger partial charge in [0.2, 0.25) is 5.91 Å². The first-order chi connectivity index (χ1) is 5.91. The summed E-state index contributed by atoms with van der Waals surface area (Å²) in [5.41, 5.74) is 15.3. The van der Waals surface area contributed by atoms with E-state index in [1.165, 1.54) is 0 Å². The van der Waals surface area contributed by atoms with Crippen molar-refractivity contribution in [2.45, 2.75) is 25.8 Å². The van der Waals surface area contributed by atoms with Gasteiger partial charge in [-0.25, -0.2) is 0 Å². The molecule has 0 saturated heterocycles. The lowest BCUT2D eigenvalue weighted by molar-refractivity contribution is -0.134. The monoisotopic (exact) mass is 191 g/mol. The van der Waals surface area contributed by atoms with Crippen LogP contribution in [-0.2, 0) is 9.59 Å². The molecule has 0 aromatic heterocycles. The number of carbonyl (C=O) groups excluding carboxylic acids is 1. The van der Waals surface area contributed by atoms with Crippen LogP contribution in [0.5, 0.6) is 0 Å². The highest BCUT2D eigenvalue weighted by Gasteiger charge is 2.06. The Balaban J connectivity index is 0. The van der Waals surface area contributed by atoms with Crippen LogP contribution in [-0.4, -0.2) is 29.6 Å². The predicted molar refractivity (Wildman–Crippen MR) is 48.8 cm³/mol. The van der Waals surface area contributed by atoms with E-state index in [2.05, 4.69) is 0 Å². The zero-order valence-corrected chi connectivity index (χ0v) is 7.69. The van der Waals surface area contributed by atoms with Gasteiger partial charge in [0.1, 0.15) is 0 Å². The molecule has 78 valence electrons. The van der Waals surface area contributed by atoms with E-state index in [9.17, 15) is 4.79 Å². The van der Waals surface area contributed by atoms with E-state index >= 15 is 0 Å². The van der Waals surface area contributed by atoms with Crippen molar-refractivity contribution < 1.29 is 14.7 Å². The van der Waals surface area contributed by atoms with Crippen LogP contribution in [0.4, 0.5) is 0 Å². The summed E-state index contributed by atoms with van der Waals surface area (Å²) in [7, 11) is 0. The van der Waals surface area contributed by atoms with Crippen LogP contribution in [0.25, 0.3) is 0 Å². The Labute approximate surface area is 77.1 Å². The van der Waals surface area contributed by atoms with Gasteiger partial charge in [-0.1, -0.05) is 0 Å². The lowest BCUT2D eigenvalue weighted by Gasteiger charge is -2.03. The molecule has 0 bridgehead atoms. The van der Waals surface area contributed by atoms with Gasteiger partial charge in [-0.05, 0) is 19.4 Å². The molecule has 13 heavy (non-hydrogen) atoms. The molecule has 6 nitrogen and oxygen atoms in total. The van der Waals surface area contributed by atoms with E-state index in [0.29, 0.717) is 13.0 Å². The van der Waals surface area contributed by atoms with Crippen molar-refractivity contribution in [3.8, 4) is 0 Å². The Bertz CT molecular complexity index is 157. The predicted octanol–water partition coefficient (Wildman–Crippen LogP) is -1.37. The minimum Gasteiger partial charge on any atom is -0.481 e. The second-order valence-electron chi connectivity index (χ2n) is 2.46. The molecule has 0 aliphatic carbocycles. The Morgan fingerprint density at radius 3 is 2.08 bits per heavy atom. The highest BCUT2D eigenvalue weighted by molar-refractivity contribution is 5.79. The quantitative estimate of drug-likeness (QED) is 0.435. The fourth-order valence-corrected chi connectivity index (χ4v) is 0.480. The van der Waals surface area contributed by atoms with E-state index in [0.717, 1.165) is 13.3 Å². The zero-order chi connectivity index (χ0) is 10.9. The van der Waals surface area contributed by atoms with Crippen LogP contribution >= 0.6 is 0 Å². The summed E-state index contributed by atoms with van der Waals surface area (Å²) in [4.78, 5) is 19.3. The average Bonchev–Trinajstić information content (AvgIpc) is 1.98. The Kier molecular flexibility index (Phi) is 9.91. The molecule has 0 heterocycles. The highest BCUT2D eigenvalue weighted by atomic mass is 16.4. The highest BCUT2D eigenvalue weighted by Crippen LogP contribution is 1.89. The molecule has 0 aromatic carbocycles. The Hall–Kier alpha value is -1.14. The molecule has 1 amide bonds. The summed E-state index contributed by atoms with van der Waals surface area (Å²) in [6.07, 6.45) is 1.34. The van der Waals surface area contributed by atoms with Crippen molar-refractivity contribution in [1.29, 1.82) is 0 Å². The zero-order valence-electron chi connectivity index (χ0n) is 7.69. The SMILES string of the molecule is CC(=O)O.NCCCC(N)C(N)=O. The third kappa shape index (κ3) is 18.1. The van der Waals surface area contributed by atoms with Crippen LogP contribution < -0.4 is 17.2 Å². The third-order valence-corrected chi connectivity index (χ3v) is 1.08. The lowest BCUT2D eigenvalue weighted by Crippen LogP contribution is -2.36. The van der Waals surface area contributed by atoms with Gasteiger partial charge in [0.05, 0.1) is 6.04 Å². The molecule has 6 heteroatoms. The van der Waals surface area contributed by atoms with Crippen LogP contribution in [0, 0.1) is 0 Å². The molecule has 1 unspecified atom stereocenters. The van der Waals surface area contributed by atoms with Crippen molar-refractivity contribution in [3.05, 3.63) is 0 Å². The van der Waals surface area contributed by atoms with Crippen LogP contribution in [0.15, 0.2) is 0 Å². The Morgan fingerprint density at radius 2 is 1.85 bits per heavy atom. The second-order valence-corrected chi connectivity index (χ2v) is 2.46. The van der Waals surface area contributed by atoms with Crippen LogP contribution in [0.2, 0.25) is 0 Å².